The van der Waals surface area contributed by atoms with Crippen LogP contribution in [0.2, 0.25) is 0 Å². The van der Waals surface area contributed by atoms with E-state index in [0.717, 1.165) is 37.7 Å². The summed E-state index contributed by atoms with van der Waals surface area (Å²) in [6.07, 6.45) is 6.14. The summed E-state index contributed by atoms with van der Waals surface area (Å²) in [5.74, 6) is -3.36. The monoisotopic (exact) mass is 769 g/mol. The van der Waals surface area contributed by atoms with Gasteiger partial charge in [0, 0.05) is 42.1 Å². The van der Waals surface area contributed by atoms with Gasteiger partial charge in [-0.2, -0.15) is 0 Å². The van der Waals surface area contributed by atoms with Crippen LogP contribution in [0, 0.1) is 17.3 Å². The highest BCUT2D eigenvalue weighted by molar-refractivity contribution is 6.04. The molecule has 0 radical (unpaired) electrons. The first-order valence-electron chi connectivity index (χ1n) is 19.5. The Morgan fingerprint density at radius 2 is 1.64 bits per heavy atom. The van der Waals surface area contributed by atoms with Gasteiger partial charge in [0.1, 0.15) is 35.7 Å². The normalized spacial score (nSPS) is 18.9. The summed E-state index contributed by atoms with van der Waals surface area (Å²) in [5, 5.41) is 21.7. The minimum Gasteiger partial charge on any atom is -0.497 e. The second-order valence-corrected chi connectivity index (χ2v) is 15.8. The number of amides is 4. The molecular weight excluding hydrogens is 714 g/mol. The molecule has 300 valence electrons. The van der Waals surface area contributed by atoms with Gasteiger partial charge in [0.2, 0.25) is 23.6 Å². The van der Waals surface area contributed by atoms with Gasteiger partial charge in [0.25, 0.3) is 0 Å². The number of carboxylic acids is 1. The number of nitrogens with zero attached hydrogens (tertiary/aromatic N) is 1. The van der Waals surface area contributed by atoms with Crippen LogP contribution in [0.3, 0.4) is 0 Å². The summed E-state index contributed by atoms with van der Waals surface area (Å²) >= 11 is 0. The molecule has 1 fully saturated rings. The number of hydrogen-bond acceptors (Lipinski definition) is 8. The average Bonchev–Trinajstić information content (AvgIpc) is 3.62. The lowest BCUT2D eigenvalue weighted by molar-refractivity contribution is -0.142. The van der Waals surface area contributed by atoms with E-state index >= 15 is 0 Å². The Balaban J connectivity index is 1.48. The lowest BCUT2D eigenvalue weighted by Gasteiger charge is -2.35. The highest BCUT2D eigenvalue weighted by atomic mass is 16.5. The van der Waals surface area contributed by atoms with Crippen LogP contribution in [-0.4, -0.2) is 78.1 Å². The van der Waals surface area contributed by atoms with Crippen molar-refractivity contribution >= 4 is 40.5 Å². The molecule has 1 aromatic heterocycles. The molecule has 13 nitrogen and oxygen atoms in total. The number of carboxylic acid groups (broad SMARTS) is 1. The summed E-state index contributed by atoms with van der Waals surface area (Å²) in [6, 6.07) is 13.8. The number of aromatic nitrogens is 1. The second kappa shape index (κ2) is 18.4. The first kappa shape index (κ1) is 41.7. The maximum atomic E-state index is 14.4. The maximum Gasteiger partial charge on any atom is 0.326 e. The Bertz CT molecular complexity index is 1940. The molecule has 3 aromatic rings. The Labute approximate surface area is 328 Å². The molecule has 13 heteroatoms. The van der Waals surface area contributed by atoms with Crippen molar-refractivity contribution in [2.45, 2.75) is 103 Å². The topological polar surface area (TPSA) is 185 Å². The van der Waals surface area contributed by atoms with Crippen LogP contribution in [0.5, 0.6) is 11.5 Å². The molecular formula is C43H55N5O8. The number of benzene rings is 2. The third kappa shape index (κ3) is 10.0. The minimum atomic E-state index is -1.18. The van der Waals surface area contributed by atoms with Crippen molar-refractivity contribution in [3.05, 3.63) is 66.2 Å². The number of rotatable bonds is 15. The van der Waals surface area contributed by atoms with Crippen molar-refractivity contribution in [3.8, 4) is 22.8 Å². The third-order valence-electron chi connectivity index (χ3n) is 10.7. The van der Waals surface area contributed by atoms with E-state index in [9.17, 15) is 29.1 Å². The number of ether oxygens (including phenoxy) is 2. The van der Waals surface area contributed by atoms with Crippen molar-refractivity contribution in [3.63, 3.8) is 0 Å². The molecule has 56 heavy (non-hydrogen) atoms. The van der Waals surface area contributed by atoms with Gasteiger partial charge in [-0.25, -0.2) is 9.78 Å². The smallest absolute Gasteiger partial charge is 0.326 e. The van der Waals surface area contributed by atoms with Gasteiger partial charge in [0.15, 0.2) is 0 Å². The van der Waals surface area contributed by atoms with E-state index in [1.165, 1.54) is 7.05 Å². The number of fused-ring (bicyclic) bond motifs is 1. The zero-order valence-electron chi connectivity index (χ0n) is 33.1. The molecule has 4 amide bonds. The highest BCUT2D eigenvalue weighted by Gasteiger charge is 2.42. The number of aliphatic carboxylic acids is 1. The van der Waals surface area contributed by atoms with E-state index in [4.69, 9.17) is 14.5 Å². The summed E-state index contributed by atoms with van der Waals surface area (Å²) in [4.78, 5) is 72.2. The Morgan fingerprint density at radius 1 is 0.929 bits per heavy atom. The number of methoxy groups -OCH3 is 1. The number of pyridine rings is 1. The van der Waals surface area contributed by atoms with Crippen molar-refractivity contribution < 1.29 is 38.6 Å². The van der Waals surface area contributed by atoms with Crippen molar-refractivity contribution in [2.75, 3.05) is 14.2 Å². The molecule has 0 aliphatic heterocycles. The molecule has 5 N–H and O–H groups in total. The van der Waals surface area contributed by atoms with E-state index in [1.54, 1.807) is 25.3 Å². The van der Waals surface area contributed by atoms with Gasteiger partial charge in [-0.15, -0.1) is 0 Å². The molecule has 0 spiro atoms. The number of hydrogen-bond donors (Lipinski definition) is 5. The zero-order valence-corrected chi connectivity index (χ0v) is 33.1. The van der Waals surface area contributed by atoms with E-state index in [2.05, 4.69) is 21.3 Å². The predicted molar refractivity (Wildman–Crippen MR) is 213 cm³/mol. The molecule has 1 heterocycles. The molecule has 1 saturated carbocycles. The van der Waals surface area contributed by atoms with Gasteiger partial charge in [-0.3, -0.25) is 19.2 Å². The van der Waals surface area contributed by atoms with Crippen LogP contribution in [0.4, 0.5) is 0 Å². The summed E-state index contributed by atoms with van der Waals surface area (Å²) in [5.41, 5.74) is 1.36. The molecule has 2 aromatic carbocycles. The molecule has 2 aliphatic rings. The van der Waals surface area contributed by atoms with Crippen LogP contribution in [0.15, 0.2) is 66.2 Å². The van der Waals surface area contributed by atoms with E-state index in [-0.39, 0.29) is 30.2 Å². The lowest BCUT2D eigenvalue weighted by atomic mass is 9.82. The molecule has 0 bridgehead atoms. The highest BCUT2D eigenvalue weighted by Crippen LogP contribution is 2.37. The van der Waals surface area contributed by atoms with E-state index in [0.29, 0.717) is 34.5 Å². The fourth-order valence-corrected chi connectivity index (χ4v) is 7.59. The van der Waals surface area contributed by atoms with E-state index < -0.39 is 59.3 Å². The fraction of sp³-hybridized carbons (Fsp3) is 0.488. The SMILES string of the molecule is CCC[C@H](NC(=O)C1CC(Oc2cc(-c3ccccc3)nc3cc(OC)ccc23)C=C1C(=O)N[C@H](C(=O)N[C@H](C(=O)NC)C1CCCCC1)C(C)(C)C)C(=O)O. The van der Waals surface area contributed by atoms with Gasteiger partial charge in [-0.05, 0) is 48.8 Å². The number of nitrogens with one attached hydrogen (secondary N) is 4. The fourth-order valence-electron chi connectivity index (χ4n) is 7.59. The third-order valence-corrected chi connectivity index (χ3v) is 10.7. The number of likely N-dealkylation sites (N-methyl/N-ethyl adjacent to an activating group) is 1. The quantitative estimate of drug-likeness (QED) is 0.137. The van der Waals surface area contributed by atoms with Crippen LogP contribution in [-0.2, 0) is 24.0 Å². The first-order chi connectivity index (χ1) is 26.7. The summed E-state index contributed by atoms with van der Waals surface area (Å²) in [7, 11) is 3.11. The van der Waals surface area contributed by atoms with Crippen molar-refractivity contribution in [1.82, 2.24) is 26.3 Å². The molecule has 5 atom stereocenters. The van der Waals surface area contributed by atoms with Crippen molar-refractivity contribution in [2.24, 2.45) is 17.3 Å². The Hall–Kier alpha value is -5.46. The van der Waals surface area contributed by atoms with Gasteiger partial charge >= 0.3 is 5.97 Å². The molecule has 2 unspecified atom stereocenters. The average molecular weight is 770 g/mol. The molecule has 2 aliphatic carbocycles. The number of carbonyl (C=O) groups excluding carboxylic acids is 4. The molecule has 0 saturated heterocycles. The predicted octanol–water partition coefficient (Wildman–Crippen LogP) is 5.32. The summed E-state index contributed by atoms with van der Waals surface area (Å²) in [6.45, 7) is 7.24. The van der Waals surface area contributed by atoms with Crippen LogP contribution in [0.1, 0.15) is 79.1 Å². The first-order valence-corrected chi connectivity index (χ1v) is 19.5. The van der Waals surface area contributed by atoms with Crippen molar-refractivity contribution in [1.29, 1.82) is 0 Å². The van der Waals surface area contributed by atoms with Crippen LogP contribution < -0.4 is 30.7 Å². The Kier molecular flexibility index (Phi) is 13.7. The molecule has 5 rings (SSSR count). The maximum absolute atomic E-state index is 14.4. The minimum absolute atomic E-state index is 0.0283. The van der Waals surface area contributed by atoms with Gasteiger partial charge in [0.05, 0.1) is 24.2 Å². The van der Waals surface area contributed by atoms with Gasteiger partial charge in [-0.1, -0.05) is 83.7 Å². The second-order valence-electron chi connectivity index (χ2n) is 15.8. The standard InChI is InChI=1S/C43H55N5O8/c1-7-14-32(42(53)54)46-38(49)30-21-28(56-35-24-33(25-15-10-8-11-16-25)45-34-23-27(55-6)19-20-29(34)35)22-31(30)39(50)48-37(43(2,3)4)41(52)47-36(40(51)44-5)26-17-12-9-13-18-26/h8,10-11,15-16,19-20,22-24,26,28,30,32,36-37H,7,9,12-14,17-18,21H2,1-6H3,(H,44,51)(H,46,49)(H,47,52)(H,48,50)(H,53,54)/t28?,30?,32-,36-,37+/m0/s1. The zero-order chi connectivity index (χ0) is 40.6. The lowest BCUT2D eigenvalue weighted by Crippen LogP contribution is -2.59. The van der Waals surface area contributed by atoms with Crippen LogP contribution in [0.25, 0.3) is 22.2 Å². The van der Waals surface area contributed by atoms with E-state index in [1.807, 2.05) is 70.2 Å². The van der Waals surface area contributed by atoms with Crippen LogP contribution >= 0.6 is 0 Å². The number of carbonyl (C=O) groups is 5. The Morgan fingerprint density at radius 3 is 2.27 bits per heavy atom. The van der Waals surface area contributed by atoms with Gasteiger partial charge < -0.3 is 35.8 Å². The summed E-state index contributed by atoms with van der Waals surface area (Å²) < 4.78 is 12.1. The largest absolute Gasteiger partial charge is 0.497 e.